The first-order chi connectivity index (χ1) is 14.2. The van der Waals surface area contributed by atoms with Gasteiger partial charge in [0.2, 0.25) is 0 Å². The Balaban J connectivity index is 1.81. The van der Waals surface area contributed by atoms with Gasteiger partial charge in [0, 0.05) is 36.3 Å². The molecule has 3 aromatic rings. The Morgan fingerprint density at radius 1 is 1.13 bits per heavy atom. The third kappa shape index (κ3) is 4.69. The first-order valence-corrected chi connectivity index (χ1v) is 10.7. The lowest BCUT2D eigenvalue weighted by Crippen LogP contribution is -2.27. The standard InChI is InChI=1S/C20H17ClN2O6S/c1-22(12-15-11-16(23(25)26)7-8-18(15)21)20(24)19-14(9-10-29-19)13-30(27,28)17-5-3-2-4-6-17/h2-11H,12-13H2,1H3. The van der Waals surface area contributed by atoms with Gasteiger partial charge in [0.1, 0.15) is 0 Å². The number of nitrogens with zero attached hydrogens (tertiary/aromatic N) is 2. The van der Waals surface area contributed by atoms with Crippen LogP contribution in [-0.4, -0.2) is 31.2 Å². The van der Waals surface area contributed by atoms with Gasteiger partial charge >= 0.3 is 0 Å². The molecule has 0 spiro atoms. The predicted octanol–water partition coefficient (Wildman–Crippen LogP) is 4.09. The zero-order valence-electron chi connectivity index (χ0n) is 15.8. The minimum atomic E-state index is -3.67. The van der Waals surface area contributed by atoms with Gasteiger partial charge < -0.3 is 9.32 Å². The Morgan fingerprint density at radius 2 is 1.83 bits per heavy atom. The van der Waals surface area contributed by atoms with Crippen LogP contribution in [0.3, 0.4) is 0 Å². The van der Waals surface area contributed by atoms with Gasteiger partial charge in [-0.25, -0.2) is 8.42 Å². The second-order valence-corrected chi connectivity index (χ2v) is 8.94. The number of non-ortho nitro benzene ring substituents is 1. The monoisotopic (exact) mass is 448 g/mol. The number of carbonyl (C=O) groups excluding carboxylic acids is 1. The average Bonchev–Trinajstić information content (AvgIpc) is 3.16. The van der Waals surface area contributed by atoms with Crippen LogP contribution in [0.25, 0.3) is 0 Å². The van der Waals surface area contributed by atoms with Crippen molar-refractivity contribution in [1.82, 2.24) is 4.90 Å². The Bertz CT molecular complexity index is 1190. The summed E-state index contributed by atoms with van der Waals surface area (Å²) in [6, 6.07) is 13.3. The molecule has 0 saturated heterocycles. The number of nitro benzene ring substituents is 1. The topological polar surface area (TPSA) is 111 Å². The van der Waals surface area contributed by atoms with Crippen LogP contribution in [0, 0.1) is 10.1 Å². The first-order valence-electron chi connectivity index (χ1n) is 8.71. The molecule has 3 rings (SSSR count). The smallest absolute Gasteiger partial charge is 0.289 e. The molecule has 8 nitrogen and oxygen atoms in total. The molecule has 0 aliphatic carbocycles. The van der Waals surface area contributed by atoms with E-state index in [1.54, 1.807) is 18.2 Å². The van der Waals surface area contributed by atoms with E-state index in [2.05, 4.69) is 0 Å². The van der Waals surface area contributed by atoms with Crippen LogP contribution in [0.4, 0.5) is 5.69 Å². The van der Waals surface area contributed by atoms with E-state index in [1.807, 2.05) is 0 Å². The van der Waals surface area contributed by atoms with Crippen LogP contribution in [0.15, 0.2) is 70.2 Å². The van der Waals surface area contributed by atoms with Crippen LogP contribution < -0.4 is 0 Å². The number of sulfone groups is 1. The van der Waals surface area contributed by atoms with Crippen molar-refractivity contribution in [3.63, 3.8) is 0 Å². The van der Waals surface area contributed by atoms with E-state index in [0.29, 0.717) is 5.56 Å². The maximum atomic E-state index is 12.8. The van der Waals surface area contributed by atoms with Crippen LogP contribution >= 0.6 is 11.6 Å². The normalized spacial score (nSPS) is 11.3. The van der Waals surface area contributed by atoms with Crippen molar-refractivity contribution in [1.29, 1.82) is 0 Å². The Hall–Kier alpha value is -3.17. The molecule has 0 aliphatic heterocycles. The number of hydrogen-bond acceptors (Lipinski definition) is 6. The maximum Gasteiger partial charge on any atom is 0.289 e. The minimum Gasteiger partial charge on any atom is -0.459 e. The predicted molar refractivity (Wildman–Crippen MR) is 110 cm³/mol. The zero-order valence-corrected chi connectivity index (χ0v) is 17.4. The molecule has 2 aromatic carbocycles. The molecular weight excluding hydrogens is 432 g/mol. The summed E-state index contributed by atoms with van der Waals surface area (Å²) < 4.78 is 30.5. The van der Waals surface area contributed by atoms with Gasteiger partial charge in [-0.1, -0.05) is 29.8 Å². The molecule has 30 heavy (non-hydrogen) atoms. The number of amides is 1. The van der Waals surface area contributed by atoms with E-state index < -0.39 is 26.4 Å². The summed E-state index contributed by atoms with van der Waals surface area (Å²) in [7, 11) is -2.20. The van der Waals surface area contributed by atoms with Crippen molar-refractivity contribution >= 4 is 33.0 Å². The quantitative estimate of drug-likeness (QED) is 0.397. The van der Waals surface area contributed by atoms with Crippen molar-refractivity contribution < 1.29 is 22.6 Å². The van der Waals surface area contributed by atoms with Crippen LogP contribution in [-0.2, 0) is 22.1 Å². The van der Waals surface area contributed by atoms with Crippen LogP contribution in [0.2, 0.25) is 5.02 Å². The van der Waals surface area contributed by atoms with Crippen molar-refractivity contribution in [2.75, 3.05) is 7.05 Å². The Kier molecular flexibility index (Phi) is 6.23. The highest BCUT2D eigenvalue weighted by Gasteiger charge is 2.25. The summed E-state index contributed by atoms with van der Waals surface area (Å²) in [4.78, 5) is 24.7. The highest BCUT2D eigenvalue weighted by atomic mass is 35.5. The molecule has 156 valence electrons. The van der Waals surface area contributed by atoms with Gasteiger partial charge in [0.05, 0.1) is 21.8 Å². The van der Waals surface area contributed by atoms with Gasteiger partial charge in [-0.05, 0) is 29.8 Å². The Labute approximate surface area is 177 Å². The van der Waals surface area contributed by atoms with Crippen molar-refractivity contribution in [2.45, 2.75) is 17.2 Å². The number of rotatable bonds is 7. The number of carbonyl (C=O) groups is 1. The molecule has 0 fully saturated rings. The van der Waals surface area contributed by atoms with Gasteiger partial charge in [-0.15, -0.1) is 0 Å². The zero-order chi connectivity index (χ0) is 21.9. The lowest BCUT2D eigenvalue weighted by atomic mass is 10.1. The highest BCUT2D eigenvalue weighted by Crippen LogP contribution is 2.25. The van der Waals surface area contributed by atoms with Crippen molar-refractivity contribution in [2.24, 2.45) is 0 Å². The number of furan rings is 1. The fourth-order valence-corrected chi connectivity index (χ4v) is 4.40. The van der Waals surface area contributed by atoms with E-state index in [-0.39, 0.29) is 33.5 Å². The summed E-state index contributed by atoms with van der Waals surface area (Å²) in [5.41, 5.74) is 0.454. The molecular formula is C20H17ClN2O6S. The third-order valence-corrected chi connectivity index (χ3v) is 6.43. The number of nitro groups is 1. The molecule has 10 heteroatoms. The summed E-state index contributed by atoms with van der Waals surface area (Å²) in [6.45, 7) is -0.0229. The fraction of sp³-hybridized carbons (Fsp3) is 0.150. The van der Waals surface area contributed by atoms with Gasteiger partial charge in [0.15, 0.2) is 15.6 Å². The van der Waals surface area contributed by atoms with E-state index in [4.69, 9.17) is 16.0 Å². The van der Waals surface area contributed by atoms with Gasteiger partial charge in [-0.2, -0.15) is 0 Å². The number of halogens is 1. The second kappa shape index (κ2) is 8.68. The number of hydrogen-bond donors (Lipinski definition) is 0. The van der Waals surface area contributed by atoms with E-state index >= 15 is 0 Å². The average molecular weight is 449 g/mol. The summed E-state index contributed by atoms with van der Waals surface area (Å²) in [5.74, 6) is -1.08. The molecule has 0 aliphatic rings. The lowest BCUT2D eigenvalue weighted by Gasteiger charge is -2.17. The second-order valence-electron chi connectivity index (χ2n) is 6.54. The largest absolute Gasteiger partial charge is 0.459 e. The molecule has 1 amide bonds. The van der Waals surface area contributed by atoms with Crippen molar-refractivity contribution in [3.05, 3.63) is 92.9 Å². The highest BCUT2D eigenvalue weighted by molar-refractivity contribution is 7.90. The molecule has 0 saturated carbocycles. The molecule has 0 atom stereocenters. The minimum absolute atomic E-state index is 0.0229. The maximum absolute atomic E-state index is 12.8. The lowest BCUT2D eigenvalue weighted by molar-refractivity contribution is -0.384. The SMILES string of the molecule is CN(Cc1cc([N+](=O)[O-])ccc1Cl)C(=O)c1occc1CS(=O)(=O)c1ccccc1. The summed E-state index contributed by atoms with van der Waals surface area (Å²) >= 11 is 6.10. The number of benzene rings is 2. The Morgan fingerprint density at radius 3 is 2.50 bits per heavy atom. The first kappa shape index (κ1) is 21.5. The van der Waals surface area contributed by atoms with Gasteiger partial charge in [-0.3, -0.25) is 14.9 Å². The summed E-state index contributed by atoms with van der Waals surface area (Å²) in [6.07, 6.45) is 1.25. The van der Waals surface area contributed by atoms with Crippen LogP contribution in [0.5, 0.6) is 0 Å². The van der Waals surface area contributed by atoms with E-state index in [1.165, 1.54) is 54.6 Å². The van der Waals surface area contributed by atoms with Gasteiger partial charge in [0.25, 0.3) is 11.6 Å². The molecule has 1 heterocycles. The van der Waals surface area contributed by atoms with Crippen LogP contribution in [0.1, 0.15) is 21.7 Å². The molecule has 0 radical (unpaired) electrons. The third-order valence-electron chi connectivity index (χ3n) is 4.38. The molecule has 0 unspecified atom stereocenters. The molecule has 1 aromatic heterocycles. The fourth-order valence-electron chi connectivity index (χ4n) is 2.85. The summed E-state index contributed by atoms with van der Waals surface area (Å²) in [5, 5.41) is 11.2. The molecule has 0 N–H and O–H groups in total. The molecule has 0 bridgehead atoms. The van der Waals surface area contributed by atoms with E-state index in [9.17, 15) is 23.3 Å². The van der Waals surface area contributed by atoms with E-state index in [0.717, 1.165) is 0 Å². The van der Waals surface area contributed by atoms with Crippen molar-refractivity contribution in [3.8, 4) is 0 Å².